The van der Waals surface area contributed by atoms with E-state index in [1.165, 1.54) is 17.0 Å². The highest BCUT2D eigenvalue weighted by Gasteiger charge is 2.48. The number of carbonyl (C=O) groups excluding carboxylic acids is 1. The Balaban J connectivity index is 1.63. The molecule has 154 valence electrons. The molecule has 6 heteroatoms. The quantitative estimate of drug-likeness (QED) is 0.566. The minimum atomic E-state index is -1.27. The Hall–Kier alpha value is -3.25. The van der Waals surface area contributed by atoms with Crippen molar-refractivity contribution in [3.8, 4) is 5.75 Å². The largest absolute Gasteiger partial charge is 0.508 e. The predicted octanol–water partition coefficient (Wildman–Crippen LogP) is 4.89. The van der Waals surface area contributed by atoms with Gasteiger partial charge >= 0.3 is 0 Å². The first-order chi connectivity index (χ1) is 16.1. The van der Waals surface area contributed by atoms with Gasteiger partial charge in [-0.25, -0.2) is 8.78 Å². The van der Waals surface area contributed by atoms with Crippen molar-refractivity contribution in [2.75, 3.05) is 4.90 Å². The lowest BCUT2D eigenvalue weighted by Gasteiger charge is -2.48. The topological polar surface area (TPSA) is 60.8 Å². The molecule has 30 heavy (non-hydrogen) atoms. The van der Waals surface area contributed by atoms with Gasteiger partial charge in [-0.05, 0) is 72.5 Å². The van der Waals surface area contributed by atoms with Crippen LogP contribution >= 0.6 is 0 Å². The highest BCUT2D eigenvalue weighted by atomic mass is 19.1. The number of halogens is 2. The van der Waals surface area contributed by atoms with E-state index in [4.69, 9.17) is 5.48 Å². The molecule has 3 aromatic carbocycles. The first kappa shape index (κ1) is 15.6. The highest BCUT2D eigenvalue weighted by Crippen LogP contribution is 2.46. The number of anilines is 1. The maximum absolute atomic E-state index is 13.6. The van der Waals surface area contributed by atoms with Crippen LogP contribution in [0.15, 0.2) is 72.7 Å². The minimum absolute atomic E-state index is 0.00705. The van der Waals surface area contributed by atoms with Crippen molar-refractivity contribution < 1.29 is 29.3 Å². The van der Waals surface area contributed by atoms with Gasteiger partial charge in [0, 0.05) is 5.69 Å². The van der Waals surface area contributed by atoms with Crippen LogP contribution in [0.3, 0.4) is 0 Å². The van der Waals surface area contributed by atoms with Gasteiger partial charge < -0.3 is 15.1 Å². The van der Waals surface area contributed by atoms with Crippen molar-refractivity contribution in [1.29, 1.82) is 0 Å². The average molecular weight is 413 g/mol. The number of amides is 1. The minimum Gasteiger partial charge on any atom is -0.508 e. The maximum Gasteiger partial charge on any atom is 0.233 e. The smallest absolute Gasteiger partial charge is 0.233 e. The fourth-order valence-corrected chi connectivity index (χ4v) is 3.68. The van der Waals surface area contributed by atoms with Crippen LogP contribution in [0.1, 0.15) is 41.6 Å². The summed E-state index contributed by atoms with van der Waals surface area (Å²) < 4.78 is 59.0. The van der Waals surface area contributed by atoms with Crippen LogP contribution in [0.4, 0.5) is 14.5 Å². The van der Waals surface area contributed by atoms with Crippen molar-refractivity contribution in [3.63, 3.8) is 0 Å². The summed E-state index contributed by atoms with van der Waals surface area (Å²) in [6.07, 6.45) is -1.13. The van der Waals surface area contributed by atoms with E-state index in [1.54, 1.807) is 12.1 Å². The van der Waals surface area contributed by atoms with Gasteiger partial charge in [0.05, 0.1) is 23.5 Å². The second-order valence-electron chi connectivity index (χ2n) is 7.13. The zero-order valence-corrected chi connectivity index (χ0v) is 15.8. The third-order valence-corrected chi connectivity index (χ3v) is 5.20. The van der Waals surface area contributed by atoms with Gasteiger partial charge in [-0.1, -0.05) is 24.2 Å². The number of benzene rings is 3. The number of phenolic OH excluding ortho intramolecular Hbond substituents is 1. The zero-order valence-electron chi connectivity index (χ0n) is 19.8. The number of nitrogens with zero attached hydrogens (tertiary/aromatic N) is 1. The van der Waals surface area contributed by atoms with Crippen molar-refractivity contribution in [2.45, 2.75) is 25.0 Å². The maximum atomic E-state index is 13.6. The summed E-state index contributed by atoms with van der Waals surface area (Å²) in [5.41, 5.74) is 0.539. The molecule has 0 spiro atoms. The van der Waals surface area contributed by atoms with Gasteiger partial charge in [0.15, 0.2) is 0 Å². The zero-order chi connectivity index (χ0) is 24.7. The Morgan fingerprint density at radius 2 is 1.53 bits per heavy atom. The van der Waals surface area contributed by atoms with Crippen molar-refractivity contribution in [1.82, 2.24) is 0 Å². The molecule has 4 rings (SSSR count). The molecule has 1 amide bonds. The molecule has 0 radical (unpaired) electrons. The SMILES string of the molecule is [2H]c1cc(F)cc([2H])c1[C@@H](O)CC[C@H]1C(=O)N(c2c([2H])cc(F)cc2[2H])[C@@H]1c1ccc(O)cc1. The van der Waals surface area contributed by atoms with Crippen LogP contribution in [-0.4, -0.2) is 16.1 Å². The molecule has 4 nitrogen and oxygen atoms in total. The number of rotatable bonds is 6. The Morgan fingerprint density at radius 1 is 0.967 bits per heavy atom. The summed E-state index contributed by atoms with van der Waals surface area (Å²) in [6.45, 7) is 0. The molecule has 0 bridgehead atoms. The lowest BCUT2D eigenvalue weighted by Crippen LogP contribution is -2.55. The highest BCUT2D eigenvalue weighted by molar-refractivity contribution is 6.03. The number of carbonyl (C=O) groups is 1. The van der Waals surface area contributed by atoms with E-state index in [0.29, 0.717) is 5.56 Å². The molecule has 0 aromatic heterocycles. The van der Waals surface area contributed by atoms with E-state index in [1.807, 2.05) is 0 Å². The van der Waals surface area contributed by atoms with Gasteiger partial charge in [-0.2, -0.15) is 0 Å². The molecule has 1 fully saturated rings. The number of phenols is 1. The molecule has 1 aliphatic heterocycles. The summed E-state index contributed by atoms with van der Waals surface area (Å²) in [4.78, 5) is 14.4. The van der Waals surface area contributed by atoms with Gasteiger partial charge in [0.1, 0.15) is 17.4 Å². The number of aromatic hydroxyl groups is 1. The Bertz CT molecular complexity index is 1210. The summed E-state index contributed by atoms with van der Waals surface area (Å²) in [5.74, 6) is -2.59. The van der Waals surface area contributed by atoms with Gasteiger partial charge in [0.2, 0.25) is 5.91 Å². The number of hydrogen-bond donors (Lipinski definition) is 2. The molecule has 2 N–H and O–H groups in total. The predicted molar refractivity (Wildman–Crippen MR) is 109 cm³/mol. The number of β-lactam (4-membered cyclic amide) rings is 1. The third kappa shape index (κ3) is 3.91. The summed E-state index contributed by atoms with van der Waals surface area (Å²) >= 11 is 0. The van der Waals surface area contributed by atoms with E-state index in [-0.39, 0.29) is 54.0 Å². The first-order valence-electron chi connectivity index (χ1n) is 11.4. The summed E-state index contributed by atoms with van der Waals surface area (Å²) in [5, 5.41) is 20.2. The van der Waals surface area contributed by atoms with Gasteiger partial charge in [-0.3, -0.25) is 4.79 Å². The van der Waals surface area contributed by atoms with Crippen LogP contribution in [0.2, 0.25) is 0 Å². The fourth-order valence-electron chi connectivity index (χ4n) is 3.68. The van der Waals surface area contributed by atoms with E-state index >= 15 is 0 Å². The van der Waals surface area contributed by atoms with E-state index in [9.17, 15) is 23.8 Å². The van der Waals surface area contributed by atoms with E-state index in [0.717, 1.165) is 24.3 Å². The molecule has 1 aliphatic rings. The van der Waals surface area contributed by atoms with Crippen LogP contribution < -0.4 is 4.90 Å². The lowest BCUT2D eigenvalue weighted by molar-refractivity contribution is -0.131. The Morgan fingerprint density at radius 3 is 2.13 bits per heavy atom. The number of aliphatic hydroxyl groups is 1. The van der Waals surface area contributed by atoms with Crippen LogP contribution in [0.25, 0.3) is 0 Å². The third-order valence-electron chi connectivity index (χ3n) is 5.20. The molecular formula is C24H21F2NO3. The molecule has 1 heterocycles. The summed E-state index contributed by atoms with van der Waals surface area (Å²) in [7, 11) is 0. The van der Waals surface area contributed by atoms with Crippen molar-refractivity contribution in [2.24, 2.45) is 5.92 Å². The standard InChI is InChI=1S/C24H21F2NO3/c25-17-5-1-15(2-6-17)22(29)14-13-21-23(16-3-11-20(28)12-4-16)27(24(21)30)19-9-7-18(26)8-10-19/h1-12,21-23,28-29H,13-14H2/t21-,22+,23-/m1/s1/i1D,2D,9D,10D. The van der Waals surface area contributed by atoms with E-state index in [2.05, 4.69) is 0 Å². The van der Waals surface area contributed by atoms with Gasteiger partial charge in [-0.15, -0.1) is 0 Å². The molecule has 0 saturated carbocycles. The molecule has 0 aliphatic carbocycles. The second-order valence-corrected chi connectivity index (χ2v) is 7.13. The molecule has 1 saturated heterocycles. The van der Waals surface area contributed by atoms with Crippen LogP contribution in [-0.2, 0) is 4.79 Å². The Labute approximate surface area is 178 Å². The molecule has 0 unspecified atom stereocenters. The van der Waals surface area contributed by atoms with Crippen molar-refractivity contribution in [3.05, 3.63) is 95.5 Å². The summed E-state index contributed by atoms with van der Waals surface area (Å²) in [6, 6.07) is 7.85. The molecular weight excluding hydrogens is 388 g/mol. The molecule has 3 aromatic rings. The monoisotopic (exact) mass is 413 g/mol. The van der Waals surface area contributed by atoms with E-state index < -0.39 is 35.6 Å². The number of aliphatic hydroxyl groups excluding tert-OH is 1. The normalized spacial score (nSPS) is 21.3. The van der Waals surface area contributed by atoms with Gasteiger partial charge in [0.25, 0.3) is 0 Å². The second kappa shape index (κ2) is 8.24. The lowest BCUT2D eigenvalue weighted by atomic mass is 9.78. The average Bonchev–Trinajstić information content (AvgIpc) is 2.74. The van der Waals surface area contributed by atoms with Crippen LogP contribution in [0.5, 0.6) is 5.75 Å². The fraction of sp³-hybridized carbons (Fsp3) is 0.208. The first-order valence-corrected chi connectivity index (χ1v) is 9.42. The molecule has 3 atom stereocenters. The van der Waals surface area contributed by atoms with Crippen LogP contribution in [0, 0.1) is 17.6 Å². The Kier molecular flexibility index (Phi) is 4.28. The van der Waals surface area contributed by atoms with Crippen molar-refractivity contribution >= 4 is 11.6 Å². The number of hydrogen-bond acceptors (Lipinski definition) is 3.